The van der Waals surface area contributed by atoms with Crippen LogP contribution in [0.4, 0.5) is 0 Å². The lowest BCUT2D eigenvalue weighted by Gasteiger charge is -2.13. The molecule has 1 saturated heterocycles. The minimum atomic E-state index is 0.797. The van der Waals surface area contributed by atoms with Crippen molar-refractivity contribution in [3.05, 3.63) is 0 Å². The van der Waals surface area contributed by atoms with E-state index < -0.39 is 0 Å². The van der Waals surface area contributed by atoms with Crippen LogP contribution in [0.15, 0.2) is 0 Å². The molecule has 0 spiro atoms. The molecule has 0 N–H and O–H groups in total. The van der Waals surface area contributed by atoms with Crippen molar-refractivity contribution in [3.8, 4) is 0 Å². The van der Waals surface area contributed by atoms with Crippen molar-refractivity contribution in [2.75, 3.05) is 11.5 Å². The molecule has 0 saturated carbocycles. The number of hydrogen-bond donors (Lipinski definition) is 0. The molecule has 0 nitrogen and oxygen atoms in total. The van der Waals surface area contributed by atoms with Crippen LogP contribution in [0, 0.1) is 11.8 Å². The van der Waals surface area contributed by atoms with Gasteiger partial charge in [0.15, 0.2) is 0 Å². The van der Waals surface area contributed by atoms with Crippen LogP contribution in [-0.2, 0) is 0 Å². The van der Waals surface area contributed by atoms with Crippen LogP contribution < -0.4 is 0 Å². The van der Waals surface area contributed by atoms with Crippen LogP contribution in [0.1, 0.15) is 26.7 Å². The zero-order valence-electron chi connectivity index (χ0n) is 7.35. The maximum Gasteiger partial charge on any atom is 0.0272 e. The highest BCUT2D eigenvalue weighted by atomic mass is 79.9. The van der Waals surface area contributed by atoms with Gasteiger partial charge in [-0.25, -0.2) is 0 Å². The maximum absolute atomic E-state index is 3.73. The van der Waals surface area contributed by atoms with Crippen molar-refractivity contribution in [3.63, 3.8) is 0 Å². The average molecular weight is 237 g/mol. The Morgan fingerprint density at radius 2 is 2.18 bits per heavy atom. The Labute approximate surface area is 82.6 Å². The highest BCUT2D eigenvalue weighted by molar-refractivity contribution is 9.09. The van der Waals surface area contributed by atoms with E-state index in [9.17, 15) is 0 Å². The van der Waals surface area contributed by atoms with Crippen LogP contribution in [-0.4, -0.2) is 16.3 Å². The van der Waals surface area contributed by atoms with Crippen LogP contribution in [0.25, 0.3) is 0 Å². The normalized spacial score (nSPS) is 31.6. The third-order valence-electron chi connectivity index (χ3n) is 2.24. The molecule has 2 heteroatoms. The topological polar surface area (TPSA) is 0 Å². The van der Waals surface area contributed by atoms with Gasteiger partial charge in [0, 0.05) is 10.6 Å². The van der Waals surface area contributed by atoms with Gasteiger partial charge in [-0.05, 0) is 24.0 Å². The summed E-state index contributed by atoms with van der Waals surface area (Å²) in [6.45, 7) is 4.62. The van der Waals surface area contributed by atoms with E-state index in [0.717, 1.165) is 16.7 Å². The van der Waals surface area contributed by atoms with E-state index >= 15 is 0 Å². The maximum atomic E-state index is 3.73. The Balaban J connectivity index is 2.15. The molecular formula is C9H17BrS. The molecule has 1 aliphatic heterocycles. The highest BCUT2D eigenvalue weighted by Gasteiger charge is 2.24. The second kappa shape index (κ2) is 4.76. The molecular weight excluding hydrogens is 220 g/mol. The van der Waals surface area contributed by atoms with Crippen molar-refractivity contribution < 1.29 is 0 Å². The molecule has 1 rings (SSSR count). The Morgan fingerprint density at radius 3 is 2.64 bits per heavy atom. The lowest BCUT2D eigenvalue weighted by molar-refractivity contribution is 0.466. The van der Waals surface area contributed by atoms with Gasteiger partial charge in [0.1, 0.15) is 0 Å². The third-order valence-corrected chi connectivity index (χ3v) is 4.99. The van der Waals surface area contributed by atoms with Crippen molar-refractivity contribution in [2.24, 2.45) is 11.8 Å². The molecule has 2 unspecified atom stereocenters. The fraction of sp³-hybridized carbons (Fsp3) is 1.00. The molecule has 1 aliphatic rings. The predicted octanol–water partition coefficient (Wildman–Crippen LogP) is 3.55. The van der Waals surface area contributed by atoms with E-state index in [1.807, 2.05) is 0 Å². The SMILES string of the molecule is CC(C)CCC1CSCC1Br. The molecule has 0 aromatic rings. The lowest BCUT2D eigenvalue weighted by Crippen LogP contribution is -2.11. The Bertz CT molecular complexity index is 114. The standard InChI is InChI=1S/C9H17BrS/c1-7(2)3-4-8-5-11-6-9(8)10/h7-9H,3-6H2,1-2H3. The Hall–Kier alpha value is 0.830. The summed E-state index contributed by atoms with van der Waals surface area (Å²) < 4.78 is 0. The van der Waals surface area contributed by atoms with Gasteiger partial charge in [-0.1, -0.05) is 36.2 Å². The minimum absolute atomic E-state index is 0.797. The van der Waals surface area contributed by atoms with Gasteiger partial charge in [-0.2, -0.15) is 11.8 Å². The first-order valence-electron chi connectivity index (χ1n) is 4.42. The van der Waals surface area contributed by atoms with Crippen LogP contribution in [0.5, 0.6) is 0 Å². The second-order valence-electron chi connectivity index (χ2n) is 3.78. The molecule has 1 heterocycles. The summed E-state index contributed by atoms with van der Waals surface area (Å²) in [5.74, 6) is 4.52. The van der Waals surface area contributed by atoms with Crippen molar-refractivity contribution in [1.82, 2.24) is 0 Å². The third kappa shape index (κ3) is 3.37. The van der Waals surface area contributed by atoms with Crippen LogP contribution in [0.3, 0.4) is 0 Å². The van der Waals surface area contributed by atoms with Crippen LogP contribution in [0.2, 0.25) is 0 Å². The van der Waals surface area contributed by atoms with Gasteiger partial charge in [0.25, 0.3) is 0 Å². The van der Waals surface area contributed by atoms with Gasteiger partial charge in [0.05, 0.1) is 0 Å². The molecule has 0 aromatic carbocycles. The number of hydrogen-bond acceptors (Lipinski definition) is 1. The lowest BCUT2D eigenvalue weighted by atomic mass is 9.97. The number of rotatable bonds is 3. The summed E-state index contributed by atoms with van der Waals surface area (Å²) in [6, 6.07) is 0. The first kappa shape index (κ1) is 9.91. The smallest absolute Gasteiger partial charge is 0.0272 e. The number of alkyl halides is 1. The largest absolute Gasteiger partial charge is 0.161 e. The molecule has 0 bridgehead atoms. The zero-order chi connectivity index (χ0) is 8.27. The van der Waals surface area contributed by atoms with E-state index in [2.05, 4.69) is 41.5 Å². The van der Waals surface area contributed by atoms with Gasteiger partial charge in [0.2, 0.25) is 0 Å². The Kier molecular flexibility index (Phi) is 4.29. The van der Waals surface area contributed by atoms with Gasteiger partial charge in [-0.3, -0.25) is 0 Å². The van der Waals surface area contributed by atoms with E-state index in [-0.39, 0.29) is 0 Å². The van der Waals surface area contributed by atoms with Crippen molar-refractivity contribution in [1.29, 1.82) is 0 Å². The molecule has 2 atom stereocenters. The first-order valence-corrected chi connectivity index (χ1v) is 6.49. The number of halogens is 1. The number of thioether (sulfide) groups is 1. The quantitative estimate of drug-likeness (QED) is 0.676. The van der Waals surface area contributed by atoms with E-state index in [1.54, 1.807) is 0 Å². The fourth-order valence-corrected chi connectivity index (χ4v) is 3.98. The first-order chi connectivity index (χ1) is 5.20. The van der Waals surface area contributed by atoms with Crippen molar-refractivity contribution >= 4 is 27.7 Å². The second-order valence-corrected chi connectivity index (χ2v) is 6.04. The molecule has 0 amide bonds. The fourth-order valence-electron chi connectivity index (χ4n) is 1.38. The summed E-state index contributed by atoms with van der Waals surface area (Å²) in [5, 5.41) is 0. The summed E-state index contributed by atoms with van der Waals surface area (Å²) in [4.78, 5) is 0.797. The summed E-state index contributed by atoms with van der Waals surface area (Å²) in [7, 11) is 0. The average Bonchev–Trinajstić information content (AvgIpc) is 2.31. The summed E-state index contributed by atoms with van der Waals surface area (Å²) >= 11 is 5.83. The van der Waals surface area contributed by atoms with Gasteiger partial charge >= 0.3 is 0 Å². The summed E-state index contributed by atoms with van der Waals surface area (Å²) in [5.41, 5.74) is 0. The minimum Gasteiger partial charge on any atom is -0.161 e. The van der Waals surface area contributed by atoms with Gasteiger partial charge < -0.3 is 0 Å². The van der Waals surface area contributed by atoms with Gasteiger partial charge in [-0.15, -0.1) is 0 Å². The zero-order valence-corrected chi connectivity index (χ0v) is 9.75. The molecule has 0 aromatic heterocycles. The molecule has 0 aliphatic carbocycles. The van der Waals surface area contributed by atoms with E-state index in [0.29, 0.717) is 0 Å². The summed E-state index contributed by atoms with van der Waals surface area (Å²) in [6.07, 6.45) is 2.81. The van der Waals surface area contributed by atoms with E-state index in [1.165, 1.54) is 24.3 Å². The molecule has 1 fully saturated rings. The van der Waals surface area contributed by atoms with E-state index in [4.69, 9.17) is 0 Å². The van der Waals surface area contributed by atoms with Crippen LogP contribution >= 0.6 is 27.7 Å². The predicted molar refractivity (Wildman–Crippen MR) is 57.6 cm³/mol. The molecule has 66 valence electrons. The Morgan fingerprint density at radius 1 is 1.45 bits per heavy atom. The molecule has 11 heavy (non-hydrogen) atoms. The van der Waals surface area contributed by atoms with Crippen molar-refractivity contribution in [2.45, 2.75) is 31.5 Å². The monoisotopic (exact) mass is 236 g/mol. The molecule has 0 radical (unpaired) electrons. The highest BCUT2D eigenvalue weighted by Crippen LogP contribution is 2.33.